The van der Waals surface area contributed by atoms with E-state index in [-0.39, 0.29) is 23.9 Å². The second-order valence-electron chi connectivity index (χ2n) is 12.4. The van der Waals surface area contributed by atoms with Crippen molar-refractivity contribution >= 4 is 22.8 Å². The molecule has 6 aromatic rings. The number of benzene rings is 2. The number of aromatic amines is 2. The summed E-state index contributed by atoms with van der Waals surface area (Å²) in [4.78, 5) is 54.8. The third-order valence-corrected chi connectivity index (χ3v) is 9.07. The van der Waals surface area contributed by atoms with Crippen molar-refractivity contribution in [3.05, 3.63) is 144 Å². The van der Waals surface area contributed by atoms with Gasteiger partial charge in [0.2, 0.25) is 0 Å². The standard InChI is InChI=1S/C39H32N8O2/c1-25-21-35(47(24-25)39(49)31-8-3-5-19-41-31)37-43-29-17-14-27(22-32(29)44-37)11-10-26-12-15-28(16-13-26)33-23-42-36(45-33)34-9-6-20-46(34)38(48)30-7-2-4-18-40-30/h2-5,7-8,12-19,22-23,34-35H,1,6,9,20-21,24H2,(H,42,45)(H,43,44)/t34-,35-/m0/s1. The van der Waals surface area contributed by atoms with Crippen molar-refractivity contribution in [3.8, 4) is 23.1 Å². The molecule has 0 aliphatic carbocycles. The average molecular weight is 645 g/mol. The predicted octanol–water partition coefficient (Wildman–Crippen LogP) is 6.26. The minimum absolute atomic E-state index is 0.0732. The number of carbonyl (C=O) groups is 2. The molecule has 240 valence electrons. The highest BCUT2D eigenvalue weighted by Crippen LogP contribution is 2.35. The Hall–Kier alpha value is -6.34. The first-order valence-electron chi connectivity index (χ1n) is 16.3. The molecule has 2 fully saturated rings. The highest BCUT2D eigenvalue weighted by Gasteiger charge is 2.35. The van der Waals surface area contributed by atoms with Gasteiger partial charge in [0.15, 0.2) is 0 Å². The van der Waals surface area contributed by atoms with Crippen molar-refractivity contribution in [3.63, 3.8) is 0 Å². The van der Waals surface area contributed by atoms with Crippen LogP contribution in [0.1, 0.15) is 75.1 Å². The van der Waals surface area contributed by atoms with Crippen LogP contribution in [0, 0.1) is 11.8 Å². The molecule has 2 amide bonds. The van der Waals surface area contributed by atoms with E-state index in [1.165, 1.54) is 0 Å². The molecule has 2 aromatic carbocycles. The van der Waals surface area contributed by atoms with E-state index < -0.39 is 0 Å². The molecule has 10 heteroatoms. The quantitative estimate of drug-likeness (QED) is 0.169. The van der Waals surface area contributed by atoms with Crippen LogP contribution in [0.25, 0.3) is 22.3 Å². The maximum atomic E-state index is 13.2. The molecule has 2 aliphatic rings. The zero-order valence-corrected chi connectivity index (χ0v) is 26.6. The molecule has 0 unspecified atom stereocenters. The summed E-state index contributed by atoms with van der Waals surface area (Å²) in [5.74, 6) is 7.83. The number of pyridine rings is 2. The van der Waals surface area contributed by atoms with Gasteiger partial charge in [0.05, 0.1) is 35.0 Å². The lowest BCUT2D eigenvalue weighted by atomic mass is 10.1. The summed E-state index contributed by atoms with van der Waals surface area (Å²) in [6.07, 6.45) is 7.51. The number of amides is 2. The Balaban J connectivity index is 0.960. The van der Waals surface area contributed by atoms with Gasteiger partial charge in [-0.2, -0.15) is 0 Å². The molecule has 6 heterocycles. The van der Waals surface area contributed by atoms with E-state index in [9.17, 15) is 9.59 Å². The molecule has 2 saturated heterocycles. The smallest absolute Gasteiger partial charge is 0.273 e. The number of fused-ring (bicyclic) bond motifs is 1. The zero-order chi connectivity index (χ0) is 33.3. The van der Waals surface area contributed by atoms with E-state index >= 15 is 0 Å². The number of hydrogen-bond donors (Lipinski definition) is 2. The van der Waals surface area contributed by atoms with E-state index in [1.807, 2.05) is 71.8 Å². The topological polar surface area (TPSA) is 124 Å². The van der Waals surface area contributed by atoms with E-state index in [0.717, 1.165) is 63.5 Å². The van der Waals surface area contributed by atoms with Gasteiger partial charge in [0.1, 0.15) is 23.0 Å². The Morgan fingerprint density at radius 3 is 2.22 bits per heavy atom. The molecule has 8 rings (SSSR count). The zero-order valence-electron chi connectivity index (χ0n) is 26.6. The first-order valence-corrected chi connectivity index (χ1v) is 16.3. The Labute approximate surface area is 283 Å². The normalized spacial score (nSPS) is 17.3. The fourth-order valence-corrected chi connectivity index (χ4v) is 6.62. The van der Waals surface area contributed by atoms with E-state index in [2.05, 4.69) is 43.3 Å². The summed E-state index contributed by atoms with van der Waals surface area (Å²) in [5.41, 5.74) is 7.11. The van der Waals surface area contributed by atoms with Crippen molar-refractivity contribution in [2.45, 2.75) is 31.3 Å². The molecule has 0 radical (unpaired) electrons. The SMILES string of the molecule is C=C1C[C@@H](c2nc3ccc(C#Cc4ccc(-c5cnc([C@@H]6CCCN6C(=O)c6ccccn6)[nH]5)cc4)cc3[nH]2)N(C(=O)c2ccccn2)C1. The third-order valence-electron chi connectivity index (χ3n) is 9.07. The van der Waals surface area contributed by atoms with Crippen LogP contribution in [0.15, 0.2) is 110 Å². The molecular formula is C39H32N8O2. The van der Waals surface area contributed by atoms with Crippen LogP contribution >= 0.6 is 0 Å². The molecule has 2 atom stereocenters. The van der Waals surface area contributed by atoms with Gasteiger partial charge in [-0.3, -0.25) is 19.6 Å². The monoisotopic (exact) mass is 644 g/mol. The number of rotatable bonds is 5. The van der Waals surface area contributed by atoms with Crippen LogP contribution in [0.2, 0.25) is 0 Å². The molecule has 4 aromatic heterocycles. The van der Waals surface area contributed by atoms with Crippen LogP contribution in [0.5, 0.6) is 0 Å². The number of likely N-dealkylation sites (tertiary alicyclic amines) is 2. The highest BCUT2D eigenvalue weighted by molar-refractivity contribution is 5.93. The highest BCUT2D eigenvalue weighted by atomic mass is 16.2. The van der Waals surface area contributed by atoms with Gasteiger partial charge in [-0.05, 0) is 79.4 Å². The van der Waals surface area contributed by atoms with Crippen LogP contribution < -0.4 is 0 Å². The van der Waals surface area contributed by atoms with Crippen molar-refractivity contribution in [2.24, 2.45) is 0 Å². The molecule has 10 nitrogen and oxygen atoms in total. The van der Waals surface area contributed by atoms with Crippen LogP contribution in [-0.4, -0.2) is 64.6 Å². The number of imidazole rings is 2. The molecular weight excluding hydrogens is 612 g/mol. The Kier molecular flexibility index (Phi) is 7.78. The summed E-state index contributed by atoms with van der Waals surface area (Å²) >= 11 is 0. The van der Waals surface area contributed by atoms with Gasteiger partial charge in [0, 0.05) is 36.6 Å². The summed E-state index contributed by atoms with van der Waals surface area (Å²) in [5, 5.41) is 0. The first-order chi connectivity index (χ1) is 24.0. The van der Waals surface area contributed by atoms with Crippen LogP contribution in [-0.2, 0) is 0 Å². The Morgan fingerprint density at radius 1 is 0.776 bits per heavy atom. The van der Waals surface area contributed by atoms with Gasteiger partial charge in [-0.15, -0.1) is 0 Å². The van der Waals surface area contributed by atoms with Crippen molar-refractivity contribution in [1.82, 2.24) is 39.7 Å². The van der Waals surface area contributed by atoms with Gasteiger partial charge < -0.3 is 19.8 Å². The maximum Gasteiger partial charge on any atom is 0.273 e. The largest absolute Gasteiger partial charge is 0.340 e. The van der Waals surface area contributed by atoms with Gasteiger partial charge >= 0.3 is 0 Å². The average Bonchev–Trinajstić information content (AvgIpc) is 3.97. The van der Waals surface area contributed by atoms with Crippen LogP contribution in [0.4, 0.5) is 0 Å². The molecule has 0 spiro atoms. The number of nitrogens with zero attached hydrogens (tertiary/aromatic N) is 6. The fourth-order valence-electron chi connectivity index (χ4n) is 6.62. The Bertz CT molecular complexity index is 2250. The molecule has 2 N–H and O–H groups in total. The minimum atomic E-state index is -0.236. The lowest BCUT2D eigenvalue weighted by Gasteiger charge is -2.22. The summed E-state index contributed by atoms with van der Waals surface area (Å²) in [6, 6.07) is 24.3. The molecule has 0 bridgehead atoms. The van der Waals surface area contributed by atoms with Crippen molar-refractivity contribution < 1.29 is 9.59 Å². The summed E-state index contributed by atoms with van der Waals surface area (Å²) in [6.45, 7) is 5.30. The molecule has 0 saturated carbocycles. The number of H-pyrrole nitrogens is 2. The maximum absolute atomic E-state index is 13.2. The van der Waals surface area contributed by atoms with Gasteiger partial charge in [0.25, 0.3) is 11.8 Å². The second-order valence-corrected chi connectivity index (χ2v) is 12.4. The van der Waals surface area contributed by atoms with Gasteiger partial charge in [-0.1, -0.05) is 48.3 Å². The predicted molar refractivity (Wildman–Crippen MR) is 185 cm³/mol. The number of hydrogen-bond acceptors (Lipinski definition) is 6. The van der Waals surface area contributed by atoms with Gasteiger partial charge in [-0.25, -0.2) is 9.97 Å². The summed E-state index contributed by atoms with van der Waals surface area (Å²) < 4.78 is 0. The number of carbonyl (C=O) groups excluding carboxylic acids is 2. The second kappa shape index (κ2) is 12.7. The molecule has 2 aliphatic heterocycles. The lowest BCUT2D eigenvalue weighted by molar-refractivity contribution is 0.0718. The number of nitrogens with one attached hydrogen (secondary N) is 2. The van der Waals surface area contributed by atoms with E-state index in [1.54, 1.807) is 35.5 Å². The van der Waals surface area contributed by atoms with E-state index in [0.29, 0.717) is 30.9 Å². The fraction of sp³-hybridized carbons (Fsp3) is 0.179. The summed E-state index contributed by atoms with van der Waals surface area (Å²) in [7, 11) is 0. The van der Waals surface area contributed by atoms with Crippen LogP contribution in [0.3, 0.4) is 0 Å². The lowest BCUT2D eigenvalue weighted by Crippen LogP contribution is -2.31. The Morgan fingerprint density at radius 2 is 1.49 bits per heavy atom. The van der Waals surface area contributed by atoms with E-state index in [4.69, 9.17) is 4.98 Å². The van der Waals surface area contributed by atoms with Crippen molar-refractivity contribution in [1.29, 1.82) is 0 Å². The first kappa shape index (κ1) is 30.0. The third kappa shape index (κ3) is 5.98. The minimum Gasteiger partial charge on any atom is -0.340 e. The van der Waals surface area contributed by atoms with Crippen molar-refractivity contribution in [2.75, 3.05) is 13.1 Å². The molecule has 49 heavy (non-hydrogen) atoms. The number of aromatic nitrogens is 6.